The number of hydrogen-bond donors (Lipinski definition) is 0. The molecule has 6 heteroatoms. The highest BCUT2D eigenvalue weighted by Crippen LogP contribution is 2.25. The van der Waals surface area contributed by atoms with Gasteiger partial charge in [-0.1, -0.05) is 30.3 Å². The average molecular weight is 272 g/mol. The molecule has 2 heterocycles. The minimum atomic E-state index is -0.377. The van der Waals surface area contributed by atoms with Gasteiger partial charge in [0, 0.05) is 23.6 Å². The molecule has 5 nitrogen and oxygen atoms in total. The second-order valence-electron chi connectivity index (χ2n) is 4.20. The van der Waals surface area contributed by atoms with Crippen LogP contribution >= 0.6 is 11.5 Å². The van der Waals surface area contributed by atoms with Crippen molar-refractivity contribution in [3.8, 4) is 17.5 Å². The lowest BCUT2D eigenvalue weighted by atomic mass is 10.2. The Bertz CT molecular complexity index is 592. The van der Waals surface area contributed by atoms with Gasteiger partial charge in [-0.25, -0.2) is 0 Å². The van der Waals surface area contributed by atoms with Crippen LogP contribution < -0.4 is 4.90 Å². The monoisotopic (exact) mass is 272 g/mol. The predicted octanol–water partition coefficient (Wildman–Crippen LogP) is 1.93. The van der Waals surface area contributed by atoms with Crippen LogP contribution in [0.3, 0.4) is 0 Å². The number of nitrogens with zero attached hydrogens (tertiary/aromatic N) is 4. The number of benzene rings is 1. The van der Waals surface area contributed by atoms with Crippen molar-refractivity contribution in [3.05, 3.63) is 30.3 Å². The molecule has 0 amide bonds. The van der Waals surface area contributed by atoms with E-state index < -0.39 is 0 Å². The van der Waals surface area contributed by atoms with Crippen molar-refractivity contribution in [3.63, 3.8) is 0 Å². The third-order valence-electron chi connectivity index (χ3n) is 2.93. The highest BCUT2D eigenvalue weighted by molar-refractivity contribution is 7.09. The van der Waals surface area contributed by atoms with Gasteiger partial charge in [0.05, 0.1) is 19.2 Å². The van der Waals surface area contributed by atoms with Crippen molar-refractivity contribution in [2.45, 2.75) is 6.10 Å². The summed E-state index contributed by atoms with van der Waals surface area (Å²) < 4.78 is 9.70. The van der Waals surface area contributed by atoms with E-state index in [1.54, 1.807) is 0 Å². The van der Waals surface area contributed by atoms with Crippen molar-refractivity contribution < 1.29 is 4.74 Å². The fourth-order valence-corrected chi connectivity index (χ4v) is 2.67. The highest BCUT2D eigenvalue weighted by atomic mass is 32.1. The predicted molar refractivity (Wildman–Crippen MR) is 72.9 cm³/mol. The zero-order valence-electron chi connectivity index (χ0n) is 10.2. The Morgan fingerprint density at radius 3 is 3.00 bits per heavy atom. The van der Waals surface area contributed by atoms with Crippen LogP contribution in [-0.4, -0.2) is 35.2 Å². The molecule has 1 aromatic carbocycles. The summed E-state index contributed by atoms with van der Waals surface area (Å²) in [4.78, 5) is 6.60. The fraction of sp³-hybridized carbons (Fsp3) is 0.308. The van der Waals surface area contributed by atoms with Crippen LogP contribution in [0.4, 0.5) is 5.13 Å². The lowest BCUT2D eigenvalue weighted by Crippen LogP contribution is -2.41. The molecule has 1 unspecified atom stereocenters. The summed E-state index contributed by atoms with van der Waals surface area (Å²) in [6.07, 6.45) is -0.377. The minimum Gasteiger partial charge on any atom is -0.360 e. The van der Waals surface area contributed by atoms with Crippen LogP contribution in [0, 0.1) is 11.3 Å². The summed E-state index contributed by atoms with van der Waals surface area (Å²) in [5.74, 6) is 0.737. The van der Waals surface area contributed by atoms with E-state index in [1.807, 2.05) is 30.3 Å². The molecule has 19 heavy (non-hydrogen) atoms. The Balaban J connectivity index is 1.80. The highest BCUT2D eigenvalue weighted by Gasteiger charge is 2.22. The lowest BCUT2D eigenvalue weighted by Gasteiger charge is -2.28. The molecular formula is C13H12N4OS. The summed E-state index contributed by atoms with van der Waals surface area (Å²) in [6, 6.07) is 12.0. The fourth-order valence-electron chi connectivity index (χ4n) is 1.95. The summed E-state index contributed by atoms with van der Waals surface area (Å²) in [5.41, 5.74) is 1.01. The first-order chi connectivity index (χ1) is 9.36. The van der Waals surface area contributed by atoms with Gasteiger partial charge in [0.2, 0.25) is 5.13 Å². The number of hydrogen-bond acceptors (Lipinski definition) is 6. The molecule has 0 saturated carbocycles. The van der Waals surface area contributed by atoms with E-state index in [-0.39, 0.29) is 6.10 Å². The normalized spacial score (nSPS) is 19.1. The number of morpholine rings is 1. The number of aromatic nitrogens is 2. The second-order valence-corrected chi connectivity index (χ2v) is 4.93. The molecule has 0 N–H and O–H groups in total. The largest absolute Gasteiger partial charge is 0.360 e. The Morgan fingerprint density at radius 1 is 1.37 bits per heavy atom. The van der Waals surface area contributed by atoms with Gasteiger partial charge in [0.1, 0.15) is 0 Å². The van der Waals surface area contributed by atoms with Crippen LogP contribution in [0.1, 0.15) is 0 Å². The van der Waals surface area contributed by atoms with E-state index in [2.05, 4.69) is 20.3 Å². The Labute approximate surface area is 115 Å². The van der Waals surface area contributed by atoms with Gasteiger partial charge in [-0.05, 0) is 0 Å². The van der Waals surface area contributed by atoms with E-state index in [4.69, 9.17) is 10.00 Å². The maximum absolute atomic E-state index is 8.90. The first-order valence-corrected chi connectivity index (χ1v) is 6.79. The number of anilines is 1. The van der Waals surface area contributed by atoms with Crippen LogP contribution in [0.25, 0.3) is 11.4 Å². The molecule has 1 fully saturated rings. The molecule has 96 valence electrons. The summed E-state index contributed by atoms with van der Waals surface area (Å²) in [6.45, 7) is 1.86. The minimum absolute atomic E-state index is 0.377. The van der Waals surface area contributed by atoms with Gasteiger partial charge in [-0.15, -0.1) is 0 Å². The van der Waals surface area contributed by atoms with Gasteiger partial charge in [-0.3, -0.25) is 0 Å². The Morgan fingerprint density at radius 2 is 2.21 bits per heavy atom. The van der Waals surface area contributed by atoms with Crippen molar-refractivity contribution in [1.29, 1.82) is 5.26 Å². The lowest BCUT2D eigenvalue weighted by molar-refractivity contribution is 0.0764. The topological polar surface area (TPSA) is 62.0 Å². The molecule has 1 saturated heterocycles. The van der Waals surface area contributed by atoms with E-state index in [0.717, 1.165) is 23.1 Å². The Kier molecular flexibility index (Phi) is 3.40. The molecule has 0 bridgehead atoms. The quantitative estimate of drug-likeness (QED) is 0.836. The number of rotatable bonds is 2. The third-order valence-corrected chi connectivity index (χ3v) is 3.71. The van der Waals surface area contributed by atoms with Gasteiger partial charge in [0.25, 0.3) is 0 Å². The summed E-state index contributed by atoms with van der Waals surface area (Å²) >= 11 is 1.36. The van der Waals surface area contributed by atoms with Crippen LogP contribution in [-0.2, 0) is 4.74 Å². The standard InChI is InChI=1S/C13H12N4OS/c14-8-11-9-17(6-7-18-11)13-15-12(16-19-13)10-4-2-1-3-5-10/h1-5,11H,6-7,9H2. The van der Waals surface area contributed by atoms with Crippen molar-refractivity contribution >= 4 is 16.7 Å². The zero-order valence-corrected chi connectivity index (χ0v) is 11.0. The van der Waals surface area contributed by atoms with Crippen molar-refractivity contribution in [2.75, 3.05) is 24.6 Å². The summed E-state index contributed by atoms with van der Waals surface area (Å²) in [5, 5.41) is 9.75. The molecule has 0 spiro atoms. The molecule has 1 atom stereocenters. The van der Waals surface area contributed by atoms with Gasteiger partial charge >= 0.3 is 0 Å². The number of nitriles is 1. The molecule has 0 radical (unpaired) electrons. The summed E-state index contributed by atoms with van der Waals surface area (Å²) in [7, 11) is 0. The molecule has 2 aromatic rings. The van der Waals surface area contributed by atoms with Crippen LogP contribution in [0.2, 0.25) is 0 Å². The van der Waals surface area contributed by atoms with E-state index in [1.165, 1.54) is 11.5 Å². The first-order valence-electron chi connectivity index (χ1n) is 6.02. The van der Waals surface area contributed by atoms with E-state index >= 15 is 0 Å². The van der Waals surface area contributed by atoms with Crippen LogP contribution in [0.5, 0.6) is 0 Å². The molecule has 1 aromatic heterocycles. The third kappa shape index (κ3) is 2.57. The maximum atomic E-state index is 8.90. The first kappa shape index (κ1) is 12.1. The smallest absolute Gasteiger partial charge is 0.205 e. The van der Waals surface area contributed by atoms with Gasteiger partial charge in [0.15, 0.2) is 11.9 Å². The molecule has 1 aliphatic rings. The van der Waals surface area contributed by atoms with Gasteiger partial charge < -0.3 is 9.64 Å². The van der Waals surface area contributed by atoms with E-state index in [9.17, 15) is 0 Å². The SMILES string of the molecule is N#CC1CN(c2nc(-c3ccccc3)ns2)CCO1. The molecule has 3 rings (SSSR count). The van der Waals surface area contributed by atoms with Gasteiger partial charge in [-0.2, -0.15) is 14.6 Å². The molecule has 0 aliphatic carbocycles. The maximum Gasteiger partial charge on any atom is 0.205 e. The van der Waals surface area contributed by atoms with Crippen molar-refractivity contribution in [1.82, 2.24) is 9.36 Å². The Hall–Kier alpha value is -1.97. The van der Waals surface area contributed by atoms with Crippen molar-refractivity contribution in [2.24, 2.45) is 0 Å². The molecular weight excluding hydrogens is 260 g/mol. The number of ether oxygens (including phenoxy) is 1. The van der Waals surface area contributed by atoms with Crippen LogP contribution in [0.15, 0.2) is 30.3 Å². The molecule has 1 aliphatic heterocycles. The zero-order chi connectivity index (χ0) is 13.1. The average Bonchev–Trinajstić information content (AvgIpc) is 2.98. The second kappa shape index (κ2) is 5.34. The van der Waals surface area contributed by atoms with E-state index in [0.29, 0.717) is 13.2 Å².